The summed E-state index contributed by atoms with van der Waals surface area (Å²) >= 11 is 0. The fourth-order valence-corrected chi connectivity index (χ4v) is 5.04. The van der Waals surface area contributed by atoms with E-state index in [-0.39, 0.29) is 5.91 Å². The molecule has 3 fully saturated rings. The molecule has 0 spiro atoms. The first-order valence-corrected chi connectivity index (χ1v) is 11.8. The number of carbonyl (C=O) groups excluding carboxylic acids is 1. The highest BCUT2D eigenvalue weighted by molar-refractivity contribution is 7.88. The van der Waals surface area contributed by atoms with Crippen LogP contribution in [0, 0.1) is 5.92 Å². The van der Waals surface area contributed by atoms with E-state index < -0.39 is 10.0 Å². The normalized spacial score (nSPS) is 24.1. The fourth-order valence-electron chi connectivity index (χ4n) is 4.17. The monoisotopic (exact) mass is 387 g/mol. The quantitative estimate of drug-likeness (QED) is 0.667. The fraction of sp³-hybridized carbons (Fsp3) is 0.944. The van der Waals surface area contributed by atoms with Gasteiger partial charge in [-0.1, -0.05) is 0 Å². The summed E-state index contributed by atoms with van der Waals surface area (Å²) in [6, 6.07) is 0.857. The number of carbonyl (C=O) groups is 1. The number of ether oxygens (including phenoxy) is 1. The lowest BCUT2D eigenvalue weighted by molar-refractivity contribution is -0.121. The number of hydrogen-bond donors (Lipinski definition) is 1. The minimum Gasteiger partial charge on any atom is -0.381 e. The number of amides is 1. The van der Waals surface area contributed by atoms with Crippen LogP contribution in [0.2, 0.25) is 0 Å². The summed E-state index contributed by atoms with van der Waals surface area (Å²) in [4.78, 5) is 14.5. The third kappa shape index (κ3) is 5.90. The third-order valence-corrected chi connectivity index (χ3v) is 7.19. The second-order valence-electron chi connectivity index (χ2n) is 7.97. The first-order chi connectivity index (χ1) is 12.4. The Bertz CT molecular complexity index is 565. The molecule has 2 saturated heterocycles. The molecule has 3 rings (SSSR count). The van der Waals surface area contributed by atoms with Crippen LogP contribution in [0.1, 0.15) is 44.9 Å². The molecule has 150 valence electrons. The molecule has 0 aromatic rings. The van der Waals surface area contributed by atoms with Gasteiger partial charge in [0.05, 0.1) is 6.26 Å². The van der Waals surface area contributed by atoms with E-state index in [9.17, 15) is 13.2 Å². The number of piperidine rings is 1. The predicted molar refractivity (Wildman–Crippen MR) is 100 cm³/mol. The molecule has 1 N–H and O–H groups in total. The van der Waals surface area contributed by atoms with Gasteiger partial charge >= 0.3 is 0 Å². The van der Waals surface area contributed by atoms with E-state index in [1.807, 2.05) is 0 Å². The average molecular weight is 388 g/mol. The maximum Gasteiger partial charge on any atom is 0.220 e. The Labute approximate surface area is 157 Å². The molecule has 0 unspecified atom stereocenters. The Morgan fingerprint density at radius 1 is 1.08 bits per heavy atom. The lowest BCUT2D eigenvalue weighted by Gasteiger charge is -2.43. The third-order valence-electron chi connectivity index (χ3n) is 5.88. The number of sulfonamides is 1. The zero-order valence-electron chi connectivity index (χ0n) is 15.9. The van der Waals surface area contributed by atoms with Gasteiger partial charge in [0.15, 0.2) is 0 Å². The molecule has 1 saturated carbocycles. The molecule has 0 atom stereocenters. The van der Waals surface area contributed by atoms with Crippen molar-refractivity contribution < 1.29 is 17.9 Å². The SMILES string of the molecule is CS(=O)(=O)N1CCC(N(CCNC(=O)CC2CC2)C2CCOCC2)CC1. The molecule has 0 aromatic heterocycles. The second-order valence-corrected chi connectivity index (χ2v) is 9.95. The van der Waals surface area contributed by atoms with Crippen LogP contribution in [0.25, 0.3) is 0 Å². The standard InChI is InChI=1S/C18H33N3O4S/c1-26(23,24)20-9-4-16(5-10-20)21(17-6-12-25-13-7-17)11-8-19-18(22)14-15-2-3-15/h15-17H,2-14H2,1H3,(H,19,22). The van der Waals surface area contributed by atoms with Crippen molar-refractivity contribution in [2.75, 3.05) is 45.6 Å². The van der Waals surface area contributed by atoms with Gasteiger partial charge < -0.3 is 10.1 Å². The Balaban J connectivity index is 1.52. The van der Waals surface area contributed by atoms with E-state index in [1.54, 1.807) is 4.31 Å². The van der Waals surface area contributed by atoms with Gasteiger partial charge in [0.1, 0.15) is 0 Å². The van der Waals surface area contributed by atoms with Crippen molar-refractivity contribution in [3.63, 3.8) is 0 Å². The maximum atomic E-state index is 12.0. The summed E-state index contributed by atoms with van der Waals surface area (Å²) < 4.78 is 30.6. The molecule has 2 heterocycles. The molecule has 0 bridgehead atoms. The van der Waals surface area contributed by atoms with Gasteiger partial charge in [0.2, 0.25) is 15.9 Å². The van der Waals surface area contributed by atoms with E-state index in [1.165, 1.54) is 19.1 Å². The molecule has 1 aliphatic carbocycles. The minimum atomic E-state index is -3.10. The maximum absolute atomic E-state index is 12.0. The summed E-state index contributed by atoms with van der Waals surface area (Å²) in [6.07, 6.45) is 8.11. The van der Waals surface area contributed by atoms with Crippen LogP contribution < -0.4 is 5.32 Å². The Morgan fingerprint density at radius 3 is 2.27 bits per heavy atom. The van der Waals surface area contributed by atoms with Crippen LogP contribution in [0.15, 0.2) is 0 Å². The van der Waals surface area contributed by atoms with Crippen molar-refractivity contribution in [2.45, 2.75) is 57.0 Å². The molecule has 7 nitrogen and oxygen atoms in total. The largest absolute Gasteiger partial charge is 0.381 e. The molecule has 8 heteroatoms. The molecule has 0 aromatic carbocycles. The van der Waals surface area contributed by atoms with Crippen LogP contribution in [0.5, 0.6) is 0 Å². The Hall–Kier alpha value is -0.700. The van der Waals surface area contributed by atoms with Crippen molar-refractivity contribution in [3.8, 4) is 0 Å². The van der Waals surface area contributed by atoms with Crippen molar-refractivity contribution in [2.24, 2.45) is 5.92 Å². The second kappa shape index (κ2) is 8.99. The van der Waals surface area contributed by atoms with Gasteiger partial charge in [-0.3, -0.25) is 9.69 Å². The lowest BCUT2D eigenvalue weighted by atomic mass is 9.98. The van der Waals surface area contributed by atoms with Crippen molar-refractivity contribution >= 4 is 15.9 Å². The van der Waals surface area contributed by atoms with E-state index in [0.717, 1.165) is 45.4 Å². The Kier molecular flexibility index (Phi) is 6.93. The van der Waals surface area contributed by atoms with E-state index in [4.69, 9.17) is 4.74 Å². The zero-order chi connectivity index (χ0) is 18.6. The van der Waals surface area contributed by atoms with Crippen molar-refractivity contribution in [1.82, 2.24) is 14.5 Å². The number of rotatable bonds is 8. The molecule has 0 radical (unpaired) electrons. The summed E-state index contributed by atoms with van der Waals surface area (Å²) in [5, 5.41) is 3.08. The Morgan fingerprint density at radius 2 is 1.69 bits per heavy atom. The number of nitrogens with zero attached hydrogens (tertiary/aromatic N) is 2. The number of hydrogen-bond acceptors (Lipinski definition) is 5. The molecule has 1 amide bonds. The van der Waals surface area contributed by atoms with Crippen LogP contribution >= 0.6 is 0 Å². The summed E-state index contributed by atoms with van der Waals surface area (Å²) in [6.45, 7) is 4.28. The summed E-state index contributed by atoms with van der Waals surface area (Å²) in [7, 11) is -3.10. The predicted octanol–water partition coefficient (Wildman–Crippen LogP) is 0.808. The molecular formula is C18H33N3O4S. The van der Waals surface area contributed by atoms with Crippen LogP contribution in [0.4, 0.5) is 0 Å². The van der Waals surface area contributed by atoms with Gasteiger partial charge in [-0.25, -0.2) is 12.7 Å². The van der Waals surface area contributed by atoms with Crippen molar-refractivity contribution in [1.29, 1.82) is 0 Å². The first-order valence-electron chi connectivity index (χ1n) is 9.99. The summed E-state index contributed by atoms with van der Waals surface area (Å²) in [5.41, 5.74) is 0. The van der Waals surface area contributed by atoms with E-state index >= 15 is 0 Å². The molecular weight excluding hydrogens is 354 g/mol. The molecule has 2 aliphatic heterocycles. The van der Waals surface area contributed by atoms with Gasteiger partial charge in [0.25, 0.3) is 0 Å². The van der Waals surface area contributed by atoms with Gasteiger partial charge in [0, 0.05) is 57.9 Å². The van der Waals surface area contributed by atoms with Gasteiger partial charge in [-0.15, -0.1) is 0 Å². The van der Waals surface area contributed by atoms with Crippen LogP contribution in [-0.2, 0) is 19.6 Å². The average Bonchev–Trinajstić information content (AvgIpc) is 3.43. The van der Waals surface area contributed by atoms with Crippen molar-refractivity contribution in [3.05, 3.63) is 0 Å². The first kappa shape index (κ1) is 20.0. The lowest BCUT2D eigenvalue weighted by Crippen LogP contribution is -2.53. The zero-order valence-corrected chi connectivity index (χ0v) is 16.7. The highest BCUT2D eigenvalue weighted by Crippen LogP contribution is 2.32. The molecule has 26 heavy (non-hydrogen) atoms. The number of nitrogens with one attached hydrogen (secondary N) is 1. The highest BCUT2D eigenvalue weighted by atomic mass is 32.2. The van der Waals surface area contributed by atoms with E-state index in [2.05, 4.69) is 10.2 Å². The van der Waals surface area contributed by atoms with Crippen LogP contribution in [-0.4, -0.2) is 81.3 Å². The van der Waals surface area contributed by atoms with E-state index in [0.29, 0.717) is 44.1 Å². The minimum absolute atomic E-state index is 0.173. The van der Waals surface area contributed by atoms with Crippen LogP contribution in [0.3, 0.4) is 0 Å². The topological polar surface area (TPSA) is 79.0 Å². The molecule has 3 aliphatic rings. The van der Waals surface area contributed by atoms with Gasteiger partial charge in [-0.2, -0.15) is 0 Å². The van der Waals surface area contributed by atoms with Gasteiger partial charge in [-0.05, 0) is 44.4 Å². The highest BCUT2D eigenvalue weighted by Gasteiger charge is 2.32. The smallest absolute Gasteiger partial charge is 0.220 e. The summed E-state index contributed by atoms with van der Waals surface area (Å²) in [5.74, 6) is 0.785.